The smallest absolute Gasteiger partial charge is 0.326 e. The van der Waals surface area contributed by atoms with Crippen molar-refractivity contribution < 1.29 is 14.7 Å². The Kier molecular flexibility index (Phi) is 7.32. The molecule has 0 unspecified atom stereocenters. The number of pyridine rings is 2. The Morgan fingerprint density at radius 3 is 2.91 bits per heavy atom. The summed E-state index contributed by atoms with van der Waals surface area (Å²) in [6, 6.07) is 6.61. The highest BCUT2D eigenvalue weighted by atomic mass is 16.4. The van der Waals surface area contributed by atoms with Crippen LogP contribution < -0.4 is 10.6 Å². The quantitative estimate of drug-likeness (QED) is 0.553. The number of carbonyl (C=O) groups is 2. The lowest BCUT2D eigenvalue weighted by atomic mass is 10.00. The number of aryl methyl sites for hydroxylation is 2. The molecule has 2 aromatic heterocycles. The molecule has 2 atom stereocenters. The molecular weight excluding hydrogens is 406 g/mol. The lowest BCUT2D eigenvalue weighted by Gasteiger charge is -2.20. The summed E-state index contributed by atoms with van der Waals surface area (Å²) in [5.41, 5.74) is 2.87. The predicted octanol–water partition coefficient (Wildman–Crippen LogP) is 2.36. The summed E-state index contributed by atoms with van der Waals surface area (Å²) in [7, 11) is 0. The lowest BCUT2D eigenvalue weighted by molar-refractivity contribution is -0.139. The average Bonchev–Trinajstić information content (AvgIpc) is 3.28. The van der Waals surface area contributed by atoms with Crippen LogP contribution in [0.4, 0.5) is 5.82 Å². The first kappa shape index (κ1) is 22.2. The van der Waals surface area contributed by atoms with Gasteiger partial charge in [-0.05, 0) is 74.8 Å². The number of nitrogens with one attached hydrogen (secondary N) is 2. The monoisotopic (exact) mass is 437 g/mol. The van der Waals surface area contributed by atoms with Gasteiger partial charge in [-0.1, -0.05) is 6.07 Å². The molecule has 1 amide bonds. The first-order valence-corrected chi connectivity index (χ1v) is 11.5. The molecule has 1 fully saturated rings. The van der Waals surface area contributed by atoms with Crippen molar-refractivity contribution in [2.45, 2.75) is 44.6 Å². The van der Waals surface area contributed by atoms with Crippen molar-refractivity contribution in [3.05, 3.63) is 53.5 Å². The van der Waals surface area contributed by atoms with Gasteiger partial charge in [0.25, 0.3) is 5.91 Å². The maximum atomic E-state index is 12.3. The van der Waals surface area contributed by atoms with Gasteiger partial charge in [0, 0.05) is 43.3 Å². The summed E-state index contributed by atoms with van der Waals surface area (Å²) < 4.78 is 0. The van der Waals surface area contributed by atoms with Crippen molar-refractivity contribution in [1.29, 1.82) is 0 Å². The highest BCUT2D eigenvalue weighted by Gasteiger charge is 2.26. The Morgan fingerprint density at radius 1 is 1.25 bits per heavy atom. The van der Waals surface area contributed by atoms with E-state index >= 15 is 0 Å². The maximum Gasteiger partial charge on any atom is 0.326 e. The van der Waals surface area contributed by atoms with Gasteiger partial charge >= 0.3 is 5.97 Å². The molecule has 0 saturated carbocycles. The van der Waals surface area contributed by atoms with Gasteiger partial charge < -0.3 is 20.6 Å². The number of amides is 1. The zero-order valence-electron chi connectivity index (χ0n) is 18.3. The number of hydrogen-bond acceptors (Lipinski definition) is 6. The number of hydrogen-bond donors (Lipinski definition) is 3. The van der Waals surface area contributed by atoms with Crippen LogP contribution in [0.25, 0.3) is 0 Å². The van der Waals surface area contributed by atoms with Gasteiger partial charge in [0.15, 0.2) is 0 Å². The molecular formula is C24H31N5O3. The van der Waals surface area contributed by atoms with Crippen LogP contribution in [0.15, 0.2) is 36.7 Å². The van der Waals surface area contributed by atoms with Crippen LogP contribution in [0, 0.1) is 5.92 Å². The van der Waals surface area contributed by atoms with E-state index in [0.717, 1.165) is 56.8 Å². The molecule has 4 heterocycles. The van der Waals surface area contributed by atoms with Crippen molar-refractivity contribution in [2.24, 2.45) is 5.92 Å². The molecule has 0 spiro atoms. The second-order valence-electron chi connectivity index (χ2n) is 8.72. The van der Waals surface area contributed by atoms with E-state index in [0.29, 0.717) is 24.4 Å². The Bertz CT molecular complexity index is 936. The predicted molar refractivity (Wildman–Crippen MR) is 122 cm³/mol. The van der Waals surface area contributed by atoms with Crippen LogP contribution in [0.3, 0.4) is 0 Å². The zero-order valence-corrected chi connectivity index (χ0v) is 18.3. The number of carboxylic acid groups (broad SMARTS) is 1. The van der Waals surface area contributed by atoms with Crippen molar-refractivity contribution in [3.8, 4) is 0 Å². The summed E-state index contributed by atoms with van der Waals surface area (Å²) in [6.45, 7) is 3.59. The van der Waals surface area contributed by atoms with Crippen molar-refractivity contribution >= 4 is 17.7 Å². The maximum absolute atomic E-state index is 12.3. The van der Waals surface area contributed by atoms with Gasteiger partial charge in [-0.3, -0.25) is 9.78 Å². The molecule has 2 aromatic rings. The molecule has 0 aromatic carbocycles. The molecule has 0 aliphatic carbocycles. The molecule has 8 nitrogen and oxygen atoms in total. The van der Waals surface area contributed by atoms with Crippen molar-refractivity contribution in [1.82, 2.24) is 20.2 Å². The number of likely N-dealkylation sites (tertiary alicyclic amines) is 1. The van der Waals surface area contributed by atoms with E-state index in [-0.39, 0.29) is 5.91 Å². The zero-order chi connectivity index (χ0) is 22.3. The normalized spacial score (nSPS) is 19.1. The number of anilines is 1. The first-order chi connectivity index (χ1) is 15.6. The molecule has 2 aliphatic rings. The minimum Gasteiger partial charge on any atom is -0.480 e. The average molecular weight is 438 g/mol. The fraction of sp³-hybridized carbons (Fsp3) is 0.500. The Balaban J connectivity index is 1.22. The van der Waals surface area contributed by atoms with E-state index < -0.39 is 12.0 Å². The van der Waals surface area contributed by atoms with Crippen molar-refractivity contribution in [2.75, 3.05) is 31.5 Å². The SMILES string of the molecule is O=C(N[C@@H](CCN1CC[C@@H](CCc2ccc3c(n2)NCCC3)C1)C(=O)O)c1ccncc1. The van der Waals surface area contributed by atoms with Crippen LogP contribution in [0.2, 0.25) is 0 Å². The first-order valence-electron chi connectivity index (χ1n) is 11.5. The Hall–Kier alpha value is -3.00. The molecule has 32 heavy (non-hydrogen) atoms. The van der Waals surface area contributed by atoms with Gasteiger partial charge in [-0.15, -0.1) is 0 Å². The lowest BCUT2D eigenvalue weighted by Crippen LogP contribution is -2.43. The van der Waals surface area contributed by atoms with E-state index in [4.69, 9.17) is 4.98 Å². The van der Waals surface area contributed by atoms with E-state index in [1.54, 1.807) is 12.1 Å². The molecule has 0 radical (unpaired) electrons. The number of carboxylic acids is 1. The van der Waals surface area contributed by atoms with E-state index in [1.165, 1.54) is 24.4 Å². The topological polar surface area (TPSA) is 107 Å². The van der Waals surface area contributed by atoms with Gasteiger partial charge in [-0.25, -0.2) is 9.78 Å². The number of rotatable bonds is 9. The second-order valence-corrected chi connectivity index (χ2v) is 8.72. The molecule has 1 saturated heterocycles. The number of nitrogens with zero attached hydrogens (tertiary/aromatic N) is 3. The largest absolute Gasteiger partial charge is 0.480 e. The van der Waals surface area contributed by atoms with Crippen LogP contribution in [-0.2, 0) is 17.6 Å². The van der Waals surface area contributed by atoms with Gasteiger partial charge in [0.2, 0.25) is 0 Å². The highest BCUT2D eigenvalue weighted by Crippen LogP contribution is 2.24. The van der Waals surface area contributed by atoms with E-state index in [2.05, 4.69) is 32.7 Å². The molecule has 3 N–H and O–H groups in total. The van der Waals surface area contributed by atoms with Gasteiger partial charge in [-0.2, -0.15) is 0 Å². The third-order valence-electron chi connectivity index (χ3n) is 6.41. The summed E-state index contributed by atoms with van der Waals surface area (Å²) >= 11 is 0. The Labute approximate surface area is 188 Å². The van der Waals surface area contributed by atoms with Crippen LogP contribution in [0.5, 0.6) is 0 Å². The fourth-order valence-electron chi connectivity index (χ4n) is 4.53. The van der Waals surface area contributed by atoms with Crippen LogP contribution >= 0.6 is 0 Å². The summed E-state index contributed by atoms with van der Waals surface area (Å²) in [6.07, 6.45) is 8.87. The fourth-order valence-corrected chi connectivity index (χ4v) is 4.53. The molecule has 2 aliphatic heterocycles. The van der Waals surface area contributed by atoms with Crippen LogP contribution in [-0.4, -0.2) is 64.1 Å². The Morgan fingerprint density at radius 2 is 2.09 bits per heavy atom. The van der Waals surface area contributed by atoms with Crippen molar-refractivity contribution in [3.63, 3.8) is 0 Å². The highest BCUT2D eigenvalue weighted by molar-refractivity contribution is 5.96. The van der Waals surface area contributed by atoms with E-state index in [1.807, 2.05) is 0 Å². The van der Waals surface area contributed by atoms with Crippen LogP contribution in [0.1, 0.15) is 47.3 Å². The summed E-state index contributed by atoms with van der Waals surface area (Å²) in [5.74, 6) is 0.257. The summed E-state index contributed by atoms with van der Waals surface area (Å²) in [4.78, 5) is 34.9. The summed E-state index contributed by atoms with van der Waals surface area (Å²) in [5, 5.41) is 15.6. The molecule has 170 valence electrons. The van der Waals surface area contributed by atoms with Gasteiger partial charge in [0.05, 0.1) is 0 Å². The number of aliphatic carboxylic acids is 1. The van der Waals surface area contributed by atoms with Gasteiger partial charge in [0.1, 0.15) is 11.9 Å². The second kappa shape index (κ2) is 10.5. The molecule has 8 heteroatoms. The number of aromatic nitrogens is 2. The number of carbonyl (C=O) groups excluding carboxylic acids is 1. The molecule has 0 bridgehead atoms. The number of fused-ring (bicyclic) bond motifs is 1. The third-order valence-corrected chi connectivity index (χ3v) is 6.41. The minimum absolute atomic E-state index is 0.383. The standard InChI is InChI=1S/C24H31N5O3/c30-23(19-7-12-25-13-8-19)28-21(24(31)32)10-15-29-14-9-17(16-29)3-5-20-6-4-18-2-1-11-26-22(18)27-20/h4,6-8,12-13,17,21H,1-3,5,9-11,14-16H2,(H,26,27)(H,28,30)(H,31,32)/t17-,21+/m1/s1. The third kappa shape index (κ3) is 5.82. The van der Waals surface area contributed by atoms with E-state index in [9.17, 15) is 14.7 Å². The minimum atomic E-state index is -1.00. The molecule has 4 rings (SSSR count).